The lowest BCUT2D eigenvalue weighted by molar-refractivity contribution is 0.726. The minimum atomic E-state index is 1.12. The van der Waals surface area contributed by atoms with E-state index in [1.165, 1.54) is 38.8 Å². The SMILES string of the molecule is Cc1cn(C)c(N2CCCCCC2)n1. The Balaban J connectivity index is 2.15. The number of imidazole rings is 1. The summed E-state index contributed by atoms with van der Waals surface area (Å²) in [5.74, 6) is 1.14. The topological polar surface area (TPSA) is 21.1 Å². The summed E-state index contributed by atoms with van der Waals surface area (Å²) in [6.45, 7) is 4.40. The van der Waals surface area contributed by atoms with E-state index < -0.39 is 0 Å². The van der Waals surface area contributed by atoms with Crippen LogP contribution in [0.5, 0.6) is 0 Å². The number of aromatic nitrogens is 2. The second-order valence-electron chi connectivity index (χ2n) is 4.19. The van der Waals surface area contributed by atoms with Crippen LogP contribution in [0.4, 0.5) is 5.95 Å². The van der Waals surface area contributed by atoms with Crippen molar-refractivity contribution in [2.75, 3.05) is 18.0 Å². The lowest BCUT2D eigenvalue weighted by Gasteiger charge is -2.20. The lowest BCUT2D eigenvalue weighted by atomic mass is 10.2. The van der Waals surface area contributed by atoms with Gasteiger partial charge in [-0.15, -0.1) is 0 Å². The molecule has 1 aromatic heterocycles. The highest BCUT2D eigenvalue weighted by Crippen LogP contribution is 2.17. The van der Waals surface area contributed by atoms with Crippen molar-refractivity contribution in [3.8, 4) is 0 Å². The smallest absolute Gasteiger partial charge is 0.205 e. The van der Waals surface area contributed by atoms with Crippen molar-refractivity contribution in [2.45, 2.75) is 32.6 Å². The summed E-state index contributed by atoms with van der Waals surface area (Å²) < 4.78 is 2.14. The molecule has 0 radical (unpaired) electrons. The molecule has 0 bridgehead atoms. The first-order chi connectivity index (χ1) is 6.77. The molecule has 0 aromatic carbocycles. The second kappa shape index (κ2) is 4.03. The largest absolute Gasteiger partial charge is 0.342 e. The fraction of sp³-hybridized carbons (Fsp3) is 0.727. The fourth-order valence-corrected chi connectivity index (χ4v) is 2.17. The maximum Gasteiger partial charge on any atom is 0.205 e. The van der Waals surface area contributed by atoms with Gasteiger partial charge in [-0.3, -0.25) is 0 Å². The summed E-state index contributed by atoms with van der Waals surface area (Å²) in [4.78, 5) is 6.98. The van der Waals surface area contributed by atoms with Crippen molar-refractivity contribution in [1.82, 2.24) is 9.55 Å². The van der Waals surface area contributed by atoms with Gasteiger partial charge in [0, 0.05) is 26.3 Å². The highest BCUT2D eigenvalue weighted by atomic mass is 15.3. The number of rotatable bonds is 1. The molecule has 0 saturated carbocycles. The van der Waals surface area contributed by atoms with Crippen molar-refractivity contribution < 1.29 is 0 Å². The molecule has 0 aliphatic carbocycles. The molecule has 2 heterocycles. The number of hydrogen-bond donors (Lipinski definition) is 0. The molecule has 0 atom stereocenters. The van der Waals surface area contributed by atoms with Crippen LogP contribution in [-0.2, 0) is 7.05 Å². The average molecular weight is 193 g/mol. The Labute approximate surface area is 85.7 Å². The van der Waals surface area contributed by atoms with Gasteiger partial charge in [0.1, 0.15) is 0 Å². The van der Waals surface area contributed by atoms with Gasteiger partial charge in [-0.05, 0) is 19.8 Å². The van der Waals surface area contributed by atoms with E-state index in [2.05, 4.69) is 34.6 Å². The van der Waals surface area contributed by atoms with Crippen LogP contribution in [0.3, 0.4) is 0 Å². The van der Waals surface area contributed by atoms with Crippen LogP contribution in [0.25, 0.3) is 0 Å². The summed E-state index contributed by atoms with van der Waals surface area (Å²) in [7, 11) is 2.08. The van der Waals surface area contributed by atoms with Crippen LogP contribution in [-0.4, -0.2) is 22.6 Å². The van der Waals surface area contributed by atoms with E-state index in [1.807, 2.05) is 0 Å². The first kappa shape index (κ1) is 9.56. The Hall–Kier alpha value is -0.990. The van der Waals surface area contributed by atoms with Crippen molar-refractivity contribution in [2.24, 2.45) is 7.05 Å². The van der Waals surface area contributed by atoms with Gasteiger partial charge in [0.15, 0.2) is 0 Å². The van der Waals surface area contributed by atoms with E-state index in [-0.39, 0.29) is 0 Å². The third kappa shape index (κ3) is 1.91. The molecule has 1 saturated heterocycles. The molecule has 3 heteroatoms. The molecule has 1 aliphatic heterocycles. The first-order valence-electron chi connectivity index (χ1n) is 5.52. The Bertz CT molecular complexity index is 295. The fourth-order valence-electron chi connectivity index (χ4n) is 2.17. The van der Waals surface area contributed by atoms with Gasteiger partial charge in [0.05, 0.1) is 5.69 Å². The molecule has 1 aromatic rings. The van der Waals surface area contributed by atoms with Crippen molar-refractivity contribution in [1.29, 1.82) is 0 Å². The highest BCUT2D eigenvalue weighted by Gasteiger charge is 2.13. The predicted molar refractivity (Wildman–Crippen MR) is 58.6 cm³/mol. The zero-order valence-electron chi connectivity index (χ0n) is 9.16. The maximum absolute atomic E-state index is 4.56. The van der Waals surface area contributed by atoms with Gasteiger partial charge >= 0.3 is 0 Å². The molecule has 1 aliphatic rings. The molecule has 2 rings (SSSR count). The standard InChI is InChI=1S/C11H19N3/c1-10-9-13(2)11(12-10)14-7-5-3-4-6-8-14/h9H,3-8H2,1-2H3. The second-order valence-corrected chi connectivity index (χ2v) is 4.19. The normalized spacial score (nSPS) is 18.3. The zero-order valence-corrected chi connectivity index (χ0v) is 9.16. The maximum atomic E-state index is 4.56. The number of aryl methyl sites for hydroxylation is 2. The van der Waals surface area contributed by atoms with Crippen molar-refractivity contribution >= 4 is 5.95 Å². The number of nitrogens with zero attached hydrogens (tertiary/aromatic N) is 3. The molecule has 0 N–H and O–H groups in total. The molecule has 1 fully saturated rings. The Morgan fingerprint density at radius 3 is 2.29 bits per heavy atom. The number of hydrogen-bond acceptors (Lipinski definition) is 2. The summed E-state index contributed by atoms with van der Waals surface area (Å²) in [6.07, 6.45) is 7.47. The van der Waals surface area contributed by atoms with Gasteiger partial charge in [-0.25, -0.2) is 4.98 Å². The van der Waals surface area contributed by atoms with E-state index in [1.54, 1.807) is 0 Å². The molecular weight excluding hydrogens is 174 g/mol. The monoisotopic (exact) mass is 193 g/mol. The van der Waals surface area contributed by atoms with Gasteiger partial charge in [-0.2, -0.15) is 0 Å². The third-order valence-corrected chi connectivity index (χ3v) is 2.86. The van der Waals surface area contributed by atoms with Crippen molar-refractivity contribution in [3.05, 3.63) is 11.9 Å². The van der Waals surface area contributed by atoms with Crippen LogP contribution in [0.2, 0.25) is 0 Å². The van der Waals surface area contributed by atoms with Crippen LogP contribution in [0.15, 0.2) is 6.20 Å². The molecule has 3 nitrogen and oxygen atoms in total. The quantitative estimate of drug-likeness (QED) is 0.681. The van der Waals surface area contributed by atoms with Gasteiger partial charge in [-0.1, -0.05) is 12.8 Å². The third-order valence-electron chi connectivity index (χ3n) is 2.86. The van der Waals surface area contributed by atoms with E-state index in [4.69, 9.17) is 0 Å². The minimum absolute atomic E-state index is 1.12. The van der Waals surface area contributed by atoms with Gasteiger partial charge in [0.25, 0.3) is 0 Å². The number of anilines is 1. The van der Waals surface area contributed by atoms with E-state index in [0.717, 1.165) is 11.6 Å². The van der Waals surface area contributed by atoms with E-state index in [9.17, 15) is 0 Å². The minimum Gasteiger partial charge on any atom is -0.342 e. The van der Waals surface area contributed by atoms with Gasteiger partial charge < -0.3 is 9.47 Å². The molecule has 0 unspecified atom stereocenters. The van der Waals surface area contributed by atoms with Crippen LogP contribution in [0, 0.1) is 6.92 Å². The lowest BCUT2D eigenvalue weighted by Crippen LogP contribution is -2.26. The Morgan fingerprint density at radius 1 is 1.14 bits per heavy atom. The van der Waals surface area contributed by atoms with Crippen LogP contribution < -0.4 is 4.90 Å². The van der Waals surface area contributed by atoms with Crippen LogP contribution in [0.1, 0.15) is 31.4 Å². The molecule has 0 spiro atoms. The van der Waals surface area contributed by atoms with Gasteiger partial charge in [0.2, 0.25) is 5.95 Å². The summed E-state index contributed by atoms with van der Waals surface area (Å²) in [6, 6.07) is 0. The molecule has 78 valence electrons. The molecular formula is C11H19N3. The average Bonchev–Trinajstić information content (AvgIpc) is 2.43. The Morgan fingerprint density at radius 2 is 1.79 bits per heavy atom. The first-order valence-corrected chi connectivity index (χ1v) is 5.52. The molecule has 14 heavy (non-hydrogen) atoms. The van der Waals surface area contributed by atoms with E-state index >= 15 is 0 Å². The van der Waals surface area contributed by atoms with Crippen molar-refractivity contribution in [3.63, 3.8) is 0 Å². The Kier molecular flexibility index (Phi) is 2.75. The zero-order chi connectivity index (χ0) is 9.97. The summed E-state index contributed by atoms with van der Waals surface area (Å²) in [5.41, 5.74) is 1.12. The predicted octanol–water partition coefficient (Wildman–Crippen LogP) is 2.11. The molecule has 0 amide bonds. The van der Waals surface area contributed by atoms with Crippen LogP contribution >= 0.6 is 0 Å². The highest BCUT2D eigenvalue weighted by molar-refractivity contribution is 5.33. The van der Waals surface area contributed by atoms with E-state index in [0.29, 0.717) is 0 Å². The summed E-state index contributed by atoms with van der Waals surface area (Å²) >= 11 is 0. The summed E-state index contributed by atoms with van der Waals surface area (Å²) in [5, 5.41) is 0.